The molecule has 160 valence electrons. The first-order valence-corrected chi connectivity index (χ1v) is 11.0. The number of carbonyl (C=O) groups excluding carboxylic acids is 1. The summed E-state index contributed by atoms with van der Waals surface area (Å²) in [7, 11) is 0. The Morgan fingerprint density at radius 2 is 1.89 bits per heavy atom. The van der Waals surface area contributed by atoms with Crippen LogP contribution in [0.5, 0.6) is 0 Å². The van der Waals surface area contributed by atoms with Gasteiger partial charge in [-0.25, -0.2) is 0 Å². The second kappa shape index (κ2) is 11.6. The number of piperazine rings is 1. The summed E-state index contributed by atoms with van der Waals surface area (Å²) in [6.45, 7) is 10.3. The minimum atomic E-state index is 0.168. The molecular weight excluding hydrogens is 358 g/mol. The molecular formula is C20H37N5O3. The van der Waals surface area contributed by atoms with Crippen molar-refractivity contribution in [2.75, 3.05) is 65.6 Å². The van der Waals surface area contributed by atoms with Gasteiger partial charge >= 0.3 is 0 Å². The van der Waals surface area contributed by atoms with Crippen LogP contribution in [0.25, 0.3) is 0 Å². The van der Waals surface area contributed by atoms with E-state index in [1.807, 2.05) is 0 Å². The summed E-state index contributed by atoms with van der Waals surface area (Å²) in [5, 5.41) is 6.47. The Balaban J connectivity index is 1.33. The molecule has 1 aliphatic carbocycles. The molecule has 2 N–H and O–H groups in total. The summed E-state index contributed by atoms with van der Waals surface area (Å²) >= 11 is 0. The molecule has 1 amide bonds. The number of nitrogens with one attached hydrogen (secondary N) is 2. The van der Waals surface area contributed by atoms with E-state index < -0.39 is 0 Å². The first kappa shape index (κ1) is 21.3. The normalized spacial score (nSPS) is 22.3. The molecule has 0 bridgehead atoms. The van der Waals surface area contributed by atoms with Gasteiger partial charge in [-0.1, -0.05) is 0 Å². The van der Waals surface area contributed by atoms with Gasteiger partial charge < -0.3 is 25.0 Å². The van der Waals surface area contributed by atoms with Crippen molar-refractivity contribution in [1.82, 2.24) is 20.4 Å². The van der Waals surface area contributed by atoms with Crippen molar-refractivity contribution in [1.29, 1.82) is 0 Å². The fourth-order valence-electron chi connectivity index (χ4n) is 3.59. The number of rotatable bonds is 9. The Labute approximate surface area is 169 Å². The summed E-state index contributed by atoms with van der Waals surface area (Å²) in [5.41, 5.74) is 0. The van der Waals surface area contributed by atoms with Gasteiger partial charge in [0.2, 0.25) is 5.91 Å². The van der Waals surface area contributed by atoms with Gasteiger partial charge in [-0.2, -0.15) is 0 Å². The Morgan fingerprint density at radius 3 is 2.57 bits per heavy atom. The maximum absolute atomic E-state index is 12.0. The summed E-state index contributed by atoms with van der Waals surface area (Å²) in [6, 6.07) is 0.441. The molecule has 2 heterocycles. The van der Waals surface area contributed by atoms with Crippen molar-refractivity contribution < 1.29 is 14.3 Å². The quantitative estimate of drug-likeness (QED) is 0.335. The molecule has 2 aliphatic heterocycles. The Hall–Kier alpha value is -1.38. The van der Waals surface area contributed by atoms with Crippen molar-refractivity contribution in [3.8, 4) is 0 Å². The number of hydrogen-bond acceptors (Lipinski definition) is 5. The van der Waals surface area contributed by atoms with E-state index in [1.54, 1.807) is 0 Å². The first-order valence-electron chi connectivity index (χ1n) is 11.0. The lowest BCUT2D eigenvalue weighted by atomic mass is 10.1. The SMILES string of the molecule is CCNC(=NCCCOC1CCOCC1)N1CCN(CC(=O)NC2CC2)CC1. The second-order valence-corrected chi connectivity index (χ2v) is 7.88. The predicted molar refractivity (Wildman–Crippen MR) is 110 cm³/mol. The van der Waals surface area contributed by atoms with Crippen molar-refractivity contribution in [2.24, 2.45) is 4.99 Å². The Bertz CT molecular complexity index is 498. The van der Waals surface area contributed by atoms with Gasteiger partial charge in [-0.3, -0.25) is 14.7 Å². The highest BCUT2D eigenvalue weighted by molar-refractivity contribution is 5.80. The molecule has 0 aromatic rings. The molecule has 8 nitrogen and oxygen atoms in total. The maximum atomic E-state index is 12.0. The second-order valence-electron chi connectivity index (χ2n) is 7.88. The molecule has 0 spiro atoms. The summed E-state index contributed by atoms with van der Waals surface area (Å²) in [4.78, 5) is 21.3. The molecule has 0 aromatic carbocycles. The van der Waals surface area contributed by atoms with E-state index in [0.29, 0.717) is 18.7 Å². The molecule has 3 fully saturated rings. The van der Waals surface area contributed by atoms with Gasteiger partial charge in [0.25, 0.3) is 0 Å². The van der Waals surface area contributed by atoms with Gasteiger partial charge in [-0.05, 0) is 39.0 Å². The van der Waals surface area contributed by atoms with Crippen molar-refractivity contribution in [3.05, 3.63) is 0 Å². The monoisotopic (exact) mass is 395 g/mol. The minimum Gasteiger partial charge on any atom is -0.381 e. The molecule has 0 radical (unpaired) electrons. The summed E-state index contributed by atoms with van der Waals surface area (Å²) in [6.07, 6.45) is 5.60. The Kier molecular flexibility index (Phi) is 8.82. The molecule has 2 saturated heterocycles. The van der Waals surface area contributed by atoms with E-state index in [2.05, 4.69) is 27.4 Å². The average molecular weight is 396 g/mol. The van der Waals surface area contributed by atoms with Crippen LogP contribution in [-0.2, 0) is 14.3 Å². The number of ether oxygens (including phenoxy) is 2. The number of carbonyl (C=O) groups is 1. The molecule has 0 aromatic heterocycles. The molecule has 3 rings (SSSR count). The van der Waals surface area contributed by atoms with Gasteiger partial charge in [0.05, 0.1) is 12.6 Å². The zero-order valence-corrected chi connectivity index (χ0v) is 17.3. The van der Waals surface area contributed by atoms with Gasteiger partial charge in [0.1, 0.15) is 0 Å². The zero-order chi connectivity index (χ0) is 19.6. The zero-order valence-electron chi connectivity index (χ0n) is 17.3. The van der Waals surface area contributed by atoms with Crippen LogP contribution in [0.2, 0.25) is 0 Å². The van der Waals surface area contributed by atoms with E-state index in [1.165, 1.54) is 0 Å². The van der Waals surface area contributed by atoms with E-state index in [4.69, 9.17) is 14.5 Å². The third-order valence-corrected chi connectivity index (χ3v) is 5.40. The van der Waals surface area contributed by atoms with Crippen LogP contribution in [0.15, 0.2) is 4.99 Å². The van der Waals surface area contributed by atoms with Crippen LogP contribution >= 0.6 is 0 Å². The molecule has 0 atom stereocenters. The molecule has 28 heavy (non-hydrogen) atoms. The average Bonchev–Trinajstić information content (AvgIpc) is 3.52. The number of amides is 1. The highest BCUT2D eigenvalue weighted by atomic mass is 16.5. The predicted octanol–water partition coefficient (Wildman–Crippen LogP) is 0.434. The van der Waals surface area contributed by atoms with Crippen LogP contribution in [0.4, 0.5) is 0 Å². The van der Waals surface area contributed by atoms with Crippen LogP contribution in [0.3, 0.4) is 0 Å². The number of hydrogen-bond donors (Lipinski definition) is 2. The van der Waals surface area contributed by atoms with E-state index in [-0.39, 0.29) is 5.91 Å². The van der Waals surface area contributed by atoms with Crippen LogP contribution in [-0.4, -0.2) is 99.4 Å². The fourth-order valence-corrected chi connectivity index (χ4v) is 3.59. The minimum absolute atomic E-state index is 0.168. The van der Waals surface area contributed by atoms with Crippen LogP contribution in [0, 0.1) is 0 Å². The molecule has 0 unspecified atom stereocenters. The van der Waals surface area contributed by atoms with E-state index in [9.17, 15) is 4.79 Å². The topological polar surface area (TPSA) is 78.4 Å². The third kappa shape index (κ3) is 7.56. The largest absolute Gasteiger partial charge is 0.381 e. The maximum Gasteiger partial charge on any atom is 0.234 e. The van der Waals surface area contributed by atoms with Gasteiger partial charge in [-0.15, -0.1) is 0 Å². The number of nitrogens with zero attached hydrogens (tertiary/aromatic N) is 3. The van der Waals surface area contributed by atoms with Gasteiger partial charge in [0.15, 0.2) is 5.96 Å². The lowest BCUT2D eigenvalue weighted by molar-refractivity contribution is -0.122. The van der Waals surface area contributed by atoms with Gasteiger partial charge in [0, 0.05) is 65.1 Å². The lowest BCUT2D eigenvalue weighted by Crippen LogP contribution is -2.54. The Morgan fingerprint density at radius 1 is 1.14 bits per heavy atom. The number of guanidine groups is 1. The summed E-state index contributed by atoms with van der Waals surface area (Å²) < 4.78 is 11.3. The van der Waals surface area contributed by atoms with Crippen molar-refractivity contribution in [3.63, 3.8) is 0 Å². The smallest absolute Gasteiger partial charge is 0.234 e. The first-order chi connectivity index (χ1) is 13.7. The molecule has 1 saturated carbocycles. The van der Waals surface area contributed by atoms with Crippen LogP contribution in [0.1, 0.15) is 39.0 Å². The van der Waals surface area contributed by atoms with Crippen molar-refractivity contribution >= 4 is 11.9 Å². The fraction of sp³-hybridized carbons (Fsp3) is 0.900. The standard InChI is InChI=1S/C20H37N5O3/c1-2-21-20(22-8-3-13-28-18-6-14-27-15-7-18)25-11-9-24(10-12-25)16-19(26)23-17-4-5-17/h17-18H,2-16H2,1H3,(H,21,22)(H,23,26). The number of aliphatic imine (C=N–C) groups is 1. The third-order valence-electron chi connectivity index (χ3n) is 5.40. The summed E-state index contributed by atoms with van der Waals surface area (Å²) in [5.74, 6) is 1.15. The van der Waals surface area contributed by atoms with E-state index in [0.717, 1.165) is 97.2 Å². The molecule has 8 heteroatoms. The van der Waals surface area contributed by atoms with E-state index >= 15 is 0 Å². The highest BCUT2D eigenvalue weighted by Gasteiger charge is 2.25. The van der Waals surface area contributed by atoms with Crippen molar-refractivity contribution in [2.45, 2.75) is 51.2 Å². The highest BCUT2D eigenvalue weighted by Crippen LogP contribution is 2.18. The molecule has 3 aliphatic rings. The van der Waals surface area contributed by atoms with Crippen LogP contribution < -0.4 is 10.6 Å². The lowest BCUT2D eigenvalue weighted by Gasteiger charge is -2.36.